The average molecular weight is 1020 g/mol. The number of rotatable bonds is 17. The zero-order valence-electron chi connectivity index (χ0n) is 44.2. The predicted molar refractivity (Wildman–Crippen MR) is 318 cm³/mol. The number of nitrogens with zero attached hydrogens (tertiary/aromatic N) is 2. The van der Waals surface area contributed by atoms with Crippen molar-refractivity contribution in [2.45, 2.75) is 72.9 Å². The third-order valence-corrected chi connectivity index (χ3v) is 17.2. The van der Waals surface area contributed by atoms with Gasteiger partial charge >= 0.3 is 0 Å². The van der Waals surface area contributed by atoms with Crippen LogP contribution in [0.4, 0.5) is 0 Å². The summed E-state index contributed by atoms with van der Waals surface area (Å²) < 4.78 is 0. The third-order valence-electron chi connectivity index (χ3n) is 17.2. The fourth-order valence-corrected chi connectivity index (χ4v) is 14.0. The maximum atomic E-state index is 13.5. The number of hydrogen-bond acceptors (Lipinski definition) is 4. The number of benzene rings is 10. The van der Waals surface area contributed by atoms with Crippen LogP contribution >= 0.6 is 0 Å². The Hall–Kier alpha value is -7.96. The maximum Gasteiger partial charge on any atom is 0.0976 e. The van der Waals surface area contributed by atoms with Gasteiger partial charge in [0.15, 0.2) is 0 Å². The van der Waals surface area contributed by atoms with Crippen LogP contribution in [0, 0.1) is 0 Å². The zero-order valence-corrected chi connectivity index (χ0v) is 44.2. The maximum absolute atomic E-state index is 13.5. The van der Waals surface area contributed by atoms with Crippen molar-refractivity contribution in [1.82, 2.24) is 9.80 Å². The van der Waals surface area contributed by atoms with Crippen LogP contribution in [-0.2, 0) is 11.1 Å². The van der Waals surface area contributed by atoms with Gasteiger partial charge in [-0.3, -0.25) is 9.80 Å². The minimum absolute atomic E-state index is 0.185. The Morgan fingerprint density at radius 1 is 0.295 bits per heavy atom. The molecule has 0 radical (unpaired) electrons. The minimum Gasteiger partial charge on any atom is -0.391 e. The normalized spacial score (nSPS) is 17.8. The molecule has 2 heterocycles. The highest BCUT2D eigenvalue weighted by Gasteiger charge is 2.52. The molecule has 2 aliphatic rings. The topological polar surface area (TPSA) is 46.9 Å². The average Bonchev–Trinajstić information content (AvgIpc) is 4.39. The molecule has 0 bridgehead atoms. The molecule has 10 aromatic rings. The molecule has 0 amide bonds. The van der Waals surface area contributed by atoms with Gasteiger partial charge in [-0.25, -0.2) is 0 Å². The van der Waals surface area contributed by atoms with Crippen molar-refractivity contribution in [3.8, 4) is 11.1 Å². The predicted octanol–water partition coefficient (Wildman–Crippen LogP) is 15.3. The van der Waals surface area contributed by atoms with Gasteiger partial charge < -0.3 is 10.2 Å². The van der Waals surface area contributed by atoms with Gasteiger partial charge in [-0.1, -0.05) is 291 Å². The lowest BCUT2D eigenvalue weighted by atomic mass is 9.73. The number of aliphatic hydroxyl groups is 2. The van der Waals surface area contributed by atoms with E-state index in [1.54, 1.807) is 0 Å². The first-order chi connectivity index (χ1) is 38.6. The van der Waals surface area contributed by atoms with Crippen LogP contribution in [0.2, 0.25) is 0 Å². The van der Waals surface area contributed by atoms with Crippen molar-refractivity contribution < 1.29 is 10.2 Å². The number of aliphatic hydroxyl groups excluding tert-OH is 2. The first kappa shape index (κ1) is 50.8. The molecule has 2 saturated heterocycles. The van der Waals surface area contributed by atoms with Gasteiger partial charge in [0.2, 0.25) is 0 Å². The van der Waals surface area contributed by atoms with Crippen LogP contribution in [0.1, 0.15) is 93.2 Å². The van der Waals surface area contributed by atoms with E-state index in [2.05, 4.69) is 301 Å². The van der Waals surface area contributed by atoms with E-state index < -0.39 is 23.3 Å². The van der Waals surface area contributed by atoms with Crippen molar-refractivity contribution in [2.24, 2.45) is 0 Å². The fraction of sp³-hybridized carbons (Fsp3) is 0.189. The van der Waals surface area contributed by atoms with E-state index in [4.69, 9.17) is 0 Å². The number of likely N-dealkylation sites (tertiary alicyclic amines) is 2. The largest absolute Gasteiger partial charge is 0.391 e. The summed E-state index contributed by atoms with van der Waals surface area (Å²) in [5.41, 5.74) is 12.2. The van der Waals surface area contributed by atoms with E-state index >= 15 is 0 Å². The van der Waals surface area contributed by atoms with Gasteiger partial charge in [-0.2, -0.15) is 0 Å². The minimum atomic E-state index is -0.756. The van der Waals surface area contributed by atoms with E-state index in [1.807, 2.05) is 0 Å². The highest BCUT2D eigenvalue weighted by molar-refractivity contribution is 5.66. The molecule has 386 valence electrons. The lowest BCUT2D eigenvalue weighted by molar-refractivity contribution is 0.0245. The van der Waals surface area contributed by atoms with Gasteiger partial charge in [0.05, 0.1) is 23.3 Å². The lowest BCUT2D eigenvalue weighted by Gasteiger charge is -2.48. The molecule has 6 atom stereocenters. The summed E-state index contributed by atoms with van der Waals surface area (Å²) in [4.78, 5) is 5.23. The molecule has 4 nitrogen and oxygen atoms in total. The highest BCUT2D eigenvalue weighted by Crippen LogP contribution is 2.50. The summed E-state index contributed by atoms with van der Waals surface area (Å²) in [6, 6.07) is 104. The van der Waals surface area contributed by atoms with E-state index in [-0.39, 0.29) is 23.9 Å². The quantitative estimate of drug-likeness (QED) is 0.0893. The Morgan fingerprint density at radius 3 is 0.808 bits per heavy atom. The third kappa shape index (κ3) is 9.43. The second-order valence-corrected chi connectivity index (χ2v) is 21.4. The smallest absolute Gasteiger partial charge is 0.0976 e. The molecule has 0 aromatic heterocycles. The summed E-state index contributed by atoms with van der Waals surface area (Å²) >= 11 is 0. The van der Waals surface area contributed by atoms with Crippen LogP contribution in [0.5, 0.6) is 0 Å². The molecular weight excluding hydrogens is 949 g/mol. The molecule has 0 saturated carbocycles. The second-order valence-electron chi connectivity index (χ2n) is 21.4. The van der Waals surface area contributed by atoms with Gasteiger partial charge in [0.25, 0.3) is 0 Å². The molecule has 2 aliphatic heterocycles. The Bertz CT molecular complexity index is 3040. The van der Waals surface area contributed by atoms with Gasteiger partial charge in [0, 0.05) is 37.0 Å². The summed E-state index contributed by atoms with van der Waals surface area (Å²) in [5, 5.41) is 27.0. The van der Waals surface area contributed by atoms with Crippen LogP contribution < -0.4 is 0 Å². The molecule has 2 fully saturated rings. The van der Waals surface area contributed by atoms with E-state index in [9.17, 15) is 10.2 Å². The molecule has 2 N–H and O–H groups in total. The molecule has 12 rings (SSSR count). The fourth-order valence-electron chi connectivity index (χ4n) is 14.0. The molecule has 0 spiro atoms. The van der Waals surface area contributed by atoms with E-state index in [1.165, 1.54) is 33.4 Å². The molecule has 10 aromatic carbocycles. The summed E-state index contributed by atoms with van der Waals surface area (Å²) in [5.74, 6) is -0.655. The lowest BCUT2D eigenvalue weighted by Crippen LogP contribution is -2.54. The summed E-state index contributed by atoms with van der Waals surface area (Å²) in [6.45, 7) is 1.65. The summed E-state index contributed by atoms with van der Waals surface area (Å²) in [6.07, 6.45) is 2.12. The molecule has 0 aliphatic carbocycles. The molecule has 4 heteroatoms. The van der Waals surface area contributed by atoms with E-state index in [0.29, 0.717) is 0 Å². The van der Waals surface area contributed by atoms with Crippen molar-refractivity contribution >= 4 is 0 Å². The van der Waals surface area contributed by atoms with Crippen molar-refractivity contribution in [1.29, 1.82) is 0 Å². The highest BCUT2D eigenvalue weighted by atomic mass is 16.3. The van der Waals surface area contributed by atoms with E-state index in [0.717, 1.165) is 72.2 Å². The van der Waals surface area contributed by atoms with Crippen molar-refractivity contribution in [3.63, 3.8) is 0 Å². The van der Waals surface area contributed by atoms with Crippen molar-refractivity contribution in [3.05, 3.63) is 347 Å². The van der Waals surface area contributed by atoms with Gasteiger partial charge in [-0.05, 0) is 92.4 Å². The van der Waals surface area contributed by atoms with Crippen LogP contribution in [0.15, 0.2) is 291 Å². The van der Waals surface area contributed by atoms with Gasteiger partial charge in [-0.15, -0.1) is 0 Å². The number of hydrogen-bond donors (Lipinski definition) is 2. The Morgan fingerprint density at radius 2 is 0.538 bits per heavy atom. The standard InChI is InChI=1S/C74H68N2O2/c77-71(67-49-27-51-75(67)73(61-37-13-3-14-38-61,62-39-15-4-16-40-62)63-41-17-5-18-42-63)69(55-29-9-1-10-30-55)59-35-25-33-57(53-59)58-34-26-36-60(54-58)70(56-31-11-2-12-32-56)72(78)68-50-28-52-76(68)74(64-43-19-6-20-44-64,65-45-21-7-22-46-65)66-47-23-8-24-48-66/h1-26,29-48,53-54,67-72,77-78H,27-28,49-52H2/t67-,68-,69?,70?,71-,72+/m1/s1. The summed E-state index contributed by atoms with van der Waals surface area (Å²) in [7, 11) is 0. The molecule has 78 heavy (non-hydrogen) atoms. The SMILES string of the molecule is O[C@H](C(c1ccccc1)c1cccc(-c2cccc(C(c3ccccc3)[C@H](O)[C@H]3CCCN3C(c3ccccc3)(c3ccccc3)c3ccccc3)c2)c1)[C@H]1CCCN1C(c1ccccc1)(c1ccccc1)c1ccccc1. The second kappa shape index (κ2) is 22.9. The zero-order chi connectivity index (χ0) is 52.7. The first-order valence-electron chi connectivity index (χ1n) is 28.1. The van der Waals surface area contributed by atoms with Crippen LogP contribution in [0.25, 0.3) is 11.1 Å². The Kier molecular flexibility index (Phi) is 14.9. The van der Waals surface area contributed by atoms with Crippen LogP contribution in [0.3, 0.4) is 0 Å². The van der Waals surface area contributed by atoms with Crippen molar-refractivity contribution in [2.75, 3.05) is 13.1 Å². The molecule has 2 unspecified atom stereocenters. The molecular formula is C74H68N2O2. The van der Waals surface area contributed by atoms with Crippen LogP contribution in [-0.4, -0.2) is 57.4 Å². The Balaban J connectivity index is 0.935. The first-order valence-corrected chi connectivity index (χ1v) is 28.1. The van der Waals surface area contributed by atoms with Gasteiger partial charge in [0.1, 0.15) is 0 Å². The Labute approximate surface area is 461 Å². The monoisotopic (exact) mass is 1020 g/mol.